The molecule has 0 radical (unpaired) electrons. The van der Waals surface area contributed by atoms with E-state index in [1.165, 1.54) is 11.6 Å². The van der Waals surface area contributed by atoms with Crippen LogP contribution in [0.4, 0.5) is 0 Å². The van der Waals surface area contributed by atoms with Crippen molar-refractivity contribution in [2.24, 2.45) is 14.1 Å². The van der Waals surface area contributed by atoms with E-state index in [-0.39, 0.29) is 29.5 Å². The predicted molar refractivity (Wildman–Crippen MR) is 95.9 cm³/mol. The molecule has 3 heterocycles. The molecule has 8 heteroatoms. The highest BCUT2D eigenvalue weighted by Crippen LogP contribution is 2.20. The van der Waals surface area contributed by atoms with Gasteiger partial charge in [0.05, 0.1) is 18.8 Å². The topological polar surface area (TPSA) is 74.3 Å². The average Bonchev–Trinajstić information content (AvgIpc) is 2.89. The molecule has 2 atom stereocenters. The molecule has 3 rings (SSSR count). The summed E-state index contributed by atoms with van der Waals surface area (Å²) in [6.45, 7) is 10.5. The van der Waals surface area contributed by atoms with E-state index in [1.54, 1.807) is 7.05 Å². The van der Waals surface area contributed by atoms with E-state index in [9.17, 15) is 9.59 Å². The summed E-state index contributed by atoms with van der Waals surface area (Å²) in [5, 5.41) is 0. The van der Waals surface area contributed by atoms with Crippen LogP contribution in [0.3, 0.4) is 0 Å². The Kier molecular flexibility index (Phi) is 4.59. The summed E-state index contributed by atoms with van der Waals surface area (Å²) in [4.78, 5) is 31.9. The number of hydrogen-bond acceptors (Lipinski definition) is 5. The monoisotopic (exact) mass is 349 g/mol. The van der Waals surface area contributed by atoms with Gasteiger partial charge in [0.1, 0.15) is 5.82 Å². The summed E-state index contributed by atoms with van der Waals surface area (Å²) in [7, 11) is 3.16. The van der Waals surface area contributed by atoms with E-state index in [2.05, 4.69) is 23.7 Å². The van der Waals surface area contributed by atoms with Crippen molar-refractivity contribution in [2.45, 2.75) is 52.5 Å². The number of imidazole rings is 1. The third-order valence-electron chi connectivity index (χ3n) is 4.74. The number of ether oxygens (including phenoxy) is 1. The molecule has 0 spiro atoms. The number of nitrogens with zero attached hydrogens (tertiary/aromatic N) is 5. The van der Waals surface area contributed by atoms with E-state index in [0.717, 1.165) is 23.5 Å². The van der Waals surface area contributed by atoms with Crippen LogP contribution in [0.25, 0.3) is 11.2 Å². The third kappa shape index (κ3) is 3.04. The van der Waals surface area contributed by atoms with Gasteiger partial charge in [0.25, 0.3) is 5.56 Å². The number of rotatable bonds is 3. The smallest absolute Gasteiger partial charge is 0.332 e. The molecular weight excluding hydrogens is 322 g/mol. The van der Waals surface area contributed by atoms with E-state index < -0.39 is 0 Å². The van der Waals surface area contributed by atoms with Crippen LogP contribution in [0.5, 0.6) is 0 Å². The molecule has 1 aliphatic rings. The maximum atomic E-state index is 12.7. The van der Waals surface area contributed by atoms with Crippen molar-refractivity contribution in [3.63, 3.8) is 0 Å². The first-order valence-electron chi connectivity index (χ1n) is 8.75. The minimum Gasteiger partial charge on any atom is -0.373 e. The van der Waals surface area contributed by atoms with E-state index >= 15 is 0 Å². The fourth-order valence-electron chi connectivity index (χ4n) is 3.74. The van der Waals surface area contributed by atoms with Gasteiger partial charge in [-0.15, -0.1) is 0 Å². The Hall–Kier alpha value is -1.93. The van der Waals surface area contributed by atoms with Crippen molar-refractivity contribution in [1.29, 1.82) is 0 Å². The van der Waals surface area contributed by atoms with Gasteiger partial charge in [-0.1, -0.05) is 0 Å². The zero-order chi connectivity index (χ0) is 18.5. The fraction of sp³-hybridized carbons (Fsp3) is 0.706. The summed E-state index contributed by atoms with van der Waals surface area (Å²) in [5.74, 6) is 0.810. The van der Waals surface area contributed by atoms with E-state index in [1.807, 2.05) is 18.4 Å². The van der Waals surface area contributed by atoms with Crippen LogP contribution in [0, 0.1) is 0 Å². The van der Waals surface area contributed by atoms with Crippen LogP contribution in [0.15, 0.2) is 9.59 Å². The minimum atomic E-state index is -0.355. The van der Waals surface area contributed by atoms with Gasteiger partial charge in [-0.2, -0.15) is 0 Å². The van der Waals surface area contributed by atoms with Gasteiger partial charge in [-0.25, -0.2) is 9.78 Å². The highest BCUT2D eigenvalue weighted by molar-refractivity contribution is 5.71. The second-order valence-corrected chi connectivity index (χ2v) is 7.32. The molecule has 8 nitrogen and oxygen atoms in total. The Morgan fingerprint density at radius 2 is 1.72 bits per heavy atom. The van der Waals surface area contributed by atoms with Crippen LogP contribution in [0.1, 0.15) is 39.6 Å². The molecule has 1 aliphatic heterocycles. The summed E-state index contributed by atoms with van der Waals surface area (Å²) >= 11 is 0. The Morgan fingerprint density at radius 1 is 1.12 bits per heavy atom. The maximum Gasteiger partial charge on any atom is 0.332 e. The minimum absolute atomic E-state index is 0.0705. The van der Waals surface area contributed by atoms with Gasteiger partial charge in [-0.3, -0.25) is 18.8 Å². The number of aryl methyl sites for hydroxylation is 1. The van der Waals surface area contributed by atoms with Gasteiger partial charge in [0.15, 0.2) is 11.2 Å². The van der Waals surface area contributed by atoms with Crippen LogP contribution in [-0.4, -0.2) is 48.9 Å². The molecule has 0 saturated carbocycles. The van der Waals surface area contributed by atoms with Gasteiger partial charge < -0.3 is 9.30 Å². The zero-order valence-corrected chi connectivity index (χ0v) is 15.8. The van der Waals surface area contributed by atoms with Crippen molar-refractivity contribution >= 4 is 11.2 Å². The highest BCUT2D eigenvalue weighted by Gasteiger charge is 2.26. The molecule has 0 bridgehead atoms. The molecule has 2 aromatic heterocycles. The van der Waals surface area contributed by atoms with Crippen molar-refractivity contribution in [3.8, 4) is 0 Å². The first kappa shape index (κ1) is 17.9. The molecule has 1 saturated heterocycles. The van der Waals surface area contributed by atoms with Gasteiger partial charge in [-0.05, 0) is 27.7 Å². The number of morpholine rings is 1. The standard InChI is InChI=1S/C17H27N5O3/c1-10(2)22-13(9-21-7-11(3)25-12(4)8-21)18-15-14(22)16(23)20(6)17(24)19(15)5/h10-12H,7-9H2,1-6H3/t11-,12-/m0/s1. The summed E-state index contributed by atoms with van der Waals surface area (Å²) < 4.78 is 10.3. The van der Waals surface area contributed by atoms with Crippen LogP contribution in [-0.2, 0) is 25.4 Å². The average molecular weight is 349 g/mol. The van der Waals surface area contributed by atoms with Crippen LogP contribution < -0.4 is 11.2 Å². The molecule has 138 valence electrons. The quantitative estimate of drug-likeness (QED) is 0.812. The van der Waals surface area contributed by atoms with Gasteiger partial charge in [0, 0.05) is 33.2 Å². The Morgan fingerprint density at radius 3 is 2.28 bits per heavy atom. The number of aromatic nitrogens is 4. The summed E-state index contributed by atoms with van der Waals surface area (Å²) in [6, 6.07) is 0.0705. The van der Waals surface area contributed by atoms with Crippen LogP contribution >= 0.6 is 0 Å². The Labute approximate surface area is 146 Å². The SMILES string of the molecule is CC(C)n1c(CN2C[C@H](C)O[C@@H](C)C2)nc2c1c(=O)n(C)c(=O)n2C. The van der Waals surface area contributed by atoms with Gasteiger partial charge in [0.2, 0.25) is 0 Å². The second-order valence-electron chi connectivity index (χ2n) is 7.32. The molecule has 25 heavy (non-hydrogen) atoms. The lowest BCUT2D eigenvalue weighted by atomic mass is 10.2. The van der Waals surface area contributed by atoms with Crippen molar-refractivity contribution in [3.05, 3.63) is 26.7 Å². The maximum absolute atomic E-state index is 12.7. The van der Waals surface area contributed by atoms with Crippen molar-refractivity contribution < 1.29 is 4.74 Å². The number of hydrogen-bond donors (Lipinski definition) is 0. The second kappa shape index (κ2) is 6.42. The Balaban J connectivity index is 2.14. The van der Waals surface area contributed by atoms with E-state index in [4.69, 9.17) is 4.74 Å². The lowest BCUT2D eigenvalue weighted by Crippen LogP contribution is -2.45. The predicted octanol–water partition coefficient (Wildman–Crippen LogP) is 0.624. The number of fused-ring (bicyclic) bond motifs is 1. The van der Waals surface area contributed by atoms with Crippen molar-refractivity contribution in [2.75, 3.05) is 13.1 Å². The third-order valence-corrected chi connectivity index (χ3v) is 4.74. The fourth-order valence-corrected chi connectivity index (χ4v) is 3.74. The zero-order valence-electron chi connectivity index (χ0n) is 15.8. The molecule has 1 fully saturated rings. The molecule has 0 aliphatic carbocycles. The summed E-state index contributed by atoms with van der Waals surface area (Å²) in [5.41, 5.74) is 0.287. The first-order valence-corrected chi connectivity index (χ1v) is 8.75. The Bertz CT molecular complexity index is 898. The van der Waals surface area contributed by atoms with Crippen LogP contribution in [0.2, 0.25) is 0 Å². The van der Waals surface area contributed by atoms with E-state index in [0.29, 0.717) is 17.7 Å². The normalized spacial score (nSPS) is 22.2. The molecule has 0 aromatic carbocycles. The first-order chi connectivity index (χ1) is 11.7. The molecule has 0 N–H and O–H groups in total. The highest BCUT2D eigenvalue weighted by atomic mass is 16.5. The molecule has 2 aromatic rings. The lowest BCUT2D eigenvalue weighted by molar-refractivity contribution is -0.0713. The summed E-state index contributed by atoms with van der Waals surface area (Å²) in [6.07, 6.45) is 0.329. The molecular formula is C17H27N5O3. The molecule has 0 amide bonds. The largest absolute Gasteiger partial charge is 0.373 e. The lowest BCUT2D eigenvalue weighted by Gasteiger charge is -2.35. The van der Waals surface area contributed by atoms with Gasteiger partial charge >= 0.3 is 5.69 Å². The molecule has 0 unspecified atom stereocenters. The van der Waals surface area contributed by atoms with Crippen molar-refractivity contribution in [1.82, 2.24) is 23.6 Å².